The van der Waals surface area contributed by atoms with E-state index in [1.807, 2.05) is 43.4 Å². The van der Waals surface area contributed by atoms with Gasteiger partial charge in [-0.2, -0.15) is 0 Å². The Hall–Kier alpha value is -1.61. The van der Waals surface area contributed by atoms with Gasteiger partial charge in [-0.05, 0) is 18.9 Å². The zero-order chi connectivity index (χ0) is 13.8. The SMILES string of the molecule is CCCCC/C=C1\c2ccccc2C(=O)N1N(C)C. The van der Waals surface area contributed by atoms with Crippen molar-refractivity contribution in [3.05, 3.63) is 41.5 Å². The predicted molar refractivity (Wildman–Crippen MR) is 78.4 cm³/mol. The second kappa shape index (κ2) is 6.02. The third-order valence-electron chi connectivity index (χ3n) is 3.40. The van der Waals surface area contributed by atoms with Crippen LogP contribution in [0.5, 0.6) is 0 Å². The van der Waals surface area contributed by atoms with Gasteiger partial charge in [-0.1, -0.05) is 44.0 Å². The first kappa shape index (κ1) is 13.8. The monoisotopic (exact) mass is 258 g/mol. The average Bonchev–Trinajstić information content (AvgIpc) is 2.69. The fraction of sp³-hybridized carbons (Fsp3) is 0.438. The van der Waals surface area contributed by atoms with Crippen LogP contribution in [0.3, 0.4) is 0 Å². The summed E-state index contributed by atoms with van der Waals surface area (Å²) in [4.78, 5) is 12.4. The van der Waals surface area contributed by atoms with E-state index < -0.39 is 0 Å². The molecule has 0 radical (unpaired) electrons. The number of amides is 1. The van der Waals surface area contributed by atoms with E-state index in [4.69, 9.17) is 0 Å². The molecular formula is C16H22N2O. The van der Waals surface area contributed by atoms with Crippen molar-refractivity contribution in [3.63, 3.8) is 0 Å². The van der Waals surface area contributed by atoms with Gasteiger partial charge in [-0.3, -0.25) is 4.79 Å². The van der Waals surface area contributed by atoms with E-state index in [-0.39, 0.29) is 5.91 Å². The van der Waals surface area contributed by atoms with Crippen LogP contribution in [-0.2, 0) is 0 Å². The fourth-order valence-corrected chi connectivity index (χ4v) is 2.46. The summed E-state index contributed by atoms with van der Waals surface area (Å²) in [6.07, 6.45) is 6.85. The Morgan fingerprint density at radius 3 is 2.47 bits per heavy atom. The Bertz CT molecular complexity index is 491. The molecule has 0 bridgehead atoms. The predicted octanol–water partition coefficient (Wildman–Crippen LogP) is 3.54. The van der Waals surface area contributed by atoms with Gasteiger partial charge in [0, 0.05) is 19.7 Å². The number of hydrogen-bond donors (Lipinski definition) is 0. The lowest BCUT2D eigenvalue weighted by molar-refractivity contribution is 0.0520. The molecule has 2 rings (SSSR count). The van der Waals surface area contributed by atoms with E-state index in [1.54, 1.807) is 5.01 Å². The lowest BCUT2D eigenvalue weighted by atomic mass is 10.1. The summed E-state index contributed by atoms with van der Waals surface area (Å²) < 4.78 is 0. The molecule has 3 heteroatoms. The highest BCUT2D eigenvalue weighted by Gasteiger charge is 2.33. The molecule has 0 atom stereocenters. The van der Waals surface area contributed by atoms with Crippen molar-refractivity contribution < 1.29 is 4.79 Å². The molecule has 19 heavy (non-hydrogen) atoms. The highest BCUT2D eigenvalue weighted by atomic mass is 16.2. The molecule has 1 aliphatic rings. The first-order valence-electron chi connectivity index (χ1n) is 6.98. The Kier molecular flexibility index (Phi) is 4.38. The van der Waals surface area contributed by atoms with Crippen LogP contribution >= 0.6 is 0 Å². The number of allylic oxidation sites excluding steroid dienone is 1. The fourth-order valence-electron chi connectivity index (χ4n) is 2.46. The summed E-state index contributed by atoms with van der Waals surface area (Å²) in [5, 5.41) is 3.62. The lowest BCUT2D eigenvalue weighted by Gasteiger charge is -2.25. The van der Waals surface area contributed by atoms with Gasteiger partial charge in [0.1, 0.15) is 0 Å². The average molecular weight is 258 g/mol. The van der Waals surface area contributed by atoms with E-state index in [2.05, 4.69) is 13.0 Å². The van der Waals surface area contributed by atoms with Gasteiger partial charge >= 0.3 is 0 Å². The van der Waals surface area contributed by atoms with Crippen LogP contribution < -0.4 is 0 Å². The van der Waals surface area contributed by atoms with Crippen LogP contribution in [-0.4, -0.2) is 30.0 Å². The number of unbranched alkanes of at least 4 members (excludes halogenated alkanes) is 3. The van der Waals surface area contributed by atoms with Crippen molar-refractivity contribution in [2.75, 3.05) is 14.1 Å². The minimum absolute atomic E-state index is 0.0716. The van der Waals surface area contributed by atoms with E-state index >= 15 is 0 Å². The summed E-state index contributed by atoms with van der Waals surface area (Å²) in [6.45, 7) is 2.20. The quantitative estimate of drug-likeness (QED) is 0.754. The van der Waals surface area contributed by atoms with Crippen molar-refractivity contribution in [1.29, 1.82) is 0 Å². The van der Waals surface area contributed by atoms with Gasteiger partial charge in [0.15, 0.2) is 0 Å². The summed E-state index contributed by atoms with van der Waals surface area (Å²) in [5.74, 6) is 0.0716. The number of carbonyl (C=O) groups is 1. The number of hydrazine groups is 1. The lowest BCUT2D eigenvalue weighted by Crippen LogP contribution is -2.36. The molecule has 0 aliphatic carbocycles. The second-order valence-electron chi connectivity index (χ2n) is 5.09. The molecule has 3 nitrogen and oxygen atoms in total. The molecular weight excluding hydrogens is 236 g/mol. The van der Waals surface area contributed by atoms with E-state index in [0.29, 0.717) is 0 Å². The highest BCUT2D eigenvalue weighted by Crippen LogP contribution is 2.33. The maximum atomic E-state index is 12.4. The third-order valence-corrected chi connectivity index (χ3v) is 3.40. The molecule has 0 unspecified atom stereocenters. The van der Waals surface area contributed by atoms with Gasteiger partial charge in [0.25, 0.3) is 5.91 Å². The Morgan fingerprint density at radius 1 is 1.16 bits per heavy atom. The smallest absolute Gasteiger partial charge is 0.267 e. The zero-order valence-corrected chi connectivity index (χ0v) is 12.0. The van der Waals surface area contributed by atoms with Gasteiger partial charge in [-0.15, -0.1) is 0 Å². The van der Waals surface area contributed by atoms with Crippen LogP contribution in [0.1, 0.15) is 48.5 Å². The molecule has 0 spiro atoms. The molecule has 102 valence electrons. The summed E-state index contributed by atoms with van der Waals surface area (Å²) in [7, 11) is 3.81. The van der Waals surface area contributed by atoms with Crippen LogP contribution in [0, 0.1) is 0 Å². The minimum atomic E-state index is 0.0716. The van der Waals surface area contributed by atoms with Crippen molar-refractivity contribution in [2.45, 2.75) is 32.6 Å². The molecule has 0 N–H and O–H groups in total. The molecule has 0 saturated carbocycles. The Labute approximate surface area is 115 Å². The van der Waals surface area contributed by atoms with Crippen molar-refractivity contribution in [1.82, 2.24) is 10.0 Å². The molecule has 0 fully saturated rings. The van der Waals surface area contributed by atoms with Crippen molar-refractivity contribution >= 4 is 11.6 Å². The molecule has 0 saturated heterocycles. The molecule has 1 heterocycles. The van der Waals surface area contributed by atoms with Gasteiger partial charge in [0.2, 0.25) is 0 Å². The normalized spacial score (nSPS) is 16.5. The third kappa shape index (κ3) is 2.71. The van der Waals surface area contributed by atoms with Crippen LogP contribution in [0.2, 0.25) is 0 Å². The maximum Gasteiger partial charge on any atom is 0.273 e. The molecule has 1 amide bonds. The number of fused-ring (bicyclic) bond motifs is 1. The van der Waals surface area contributed by atoms with Gasteiger partial charge < -0.3 is 0 Å². The summed E-state index contributed by atoms with van der Waals surface area (Å²) in [6, 6.07) is 7.85. The number of benzene rings is 1. The minimum Gasteiger partial charge on any atom is -0.267 e. The Balaban J connectivity index is 2.29. The standard InChI is InChI=1S/C16H22N2O/c1-4-5-6-7-12-15-13-10-8-9-11-14(13)16(19)18(15)17(2)3/h8-12H,4-7H2,1-3H3/b15-12+. The summed E-state index contributed by atoms with van der Waals surface area (Å²) >= 11 is 0. The van der Waals surface area contributed by atoms with Crippen molar-refractivity contribution in [3.8, 4) is 0 Å². The molecule has 1 aliphatic heterocycles. The number of hydrogen-bond acceptors (Lipinski definition) is 2. The molecule has 1 aromatic carbocycles. The number of rotatable bonds is 5. The van der Waals surface area contributed by atoms with Crippen molar-refractivity contribution in [2.24, 2.45) is 0 Å². The molecule has 1 aromatic rings. The van der Waals surface area contributed by atoms with Gasteiger partial charge in [0.05, 0.1) is 11.3 Å². The summed E-state index contributed by atoms with van der Waals surface area (Å²) in [5.41, 5.74) is 2.89. The first-order valence-corrected chi connectivity index (χ1v) is 6.98. The zero-order valence-electron chi connectivity index (χ0n) is 12.0. The van der Waals surface area contributed by atoms with Gasteiger partial charge in [-0.25, -0.2) is 10.0 Å². The second-order valence-corrected chi connectivity index (χ2v) is 5.09. The topological polar surface area (TPSA) is 23.6 Å². The number of nitrogens with zero attached hydrogens (tertiary/aromatic N) is 2. The maximum absolute atomic E-state index is 12.4. The highest BCUT2D eigenvalue weighted by molar-refractivity contribution is 6.08. The van der Waals surface area contributed by atoms with Crippen LogP contribution in [0.25, 0.3) is 5.70 Å². The number of carbonyl (C=O) groups excluding carboxylic acids is 1. The molecule has 0 aromatic heterocycles. The largest absolute Gasteiger partial charge is 0.273 e. The van der Waals surface area contributed by atoms with Crippen LogP contribution in [0.15, 0.2) is 30.3 Å². The van der Waals surface area contributed by atoms with Crippen LogP contribution in [0.4, 0.5) is 0 Å². The van der Waals surface area contributed by atoms with E-state index in [9.17, 15) is 4.79 Å². The first-order chi connectivity index (χ1) is 9.16. The van der Waals surface area contributed by atoms with E-state index in [0.717, 1.165) is 23.2 Å². The Morgan fingerprint density at radius 2 is 1.84 bits per heavy atom. The van der Waals surface area contributed by atoms with E-state index in [1.165, 1.54) is 19.3 Å².